The molecular formula is C17H34B2O4. The average Bonchev–Trinajstić information content (AvgIpc) is 2.69. The topological polar surface area (TPSA) is 36.9 Å². The summed E-state index contributed by atoms with van der Waals surface area (Å²) in [6.07, 6.45) is 3.22. The Labute approximate surface area is 143 Å². The molecule has 0 spiro atoms. The highest BCUT2D eigenvalue weighted by Crippen LogP contribution is 2.46. The SMILES string of the molecule is CCCCC(B1OC(C)(C)C(C)(C)O1)B1OC(C)(C)C(C)(C)O1. The molecule has 0 unspecified atom stereocenters. The first kappa shape index (κ1) is 19.3. The van der Waals surface area contributed by atoms with Gasteiger partial charge in [-0.3, -0.25) is 0 Å². The van der Waals surface area contributed by atoms with Gasteiger partial charge < -0.3 is 18.6 Å². The molecule has 2 aliphatic heterocycles. The van der Waals surface area contributed by atoms with Crippen molar-refractivity contribution in [1.82, 2.24) is 0 Å². The number of hydrogen-bond donors (Lipinski definition) is 0. The van der Waals surface area contributed by atoms with E-state index in [1.54, 1.807) is 0 Å². The van der Waals surface area contributed by atoms with Gasteiger partial charge in [-0.05, 0) is 55.4 Å². The van der Waals surface area contributed by atoms with Gasteiger partial charge >= 0.3 is 14.2 Å². The molecular weight excluding hydrogens is 290 g/mol. The Hall–Kier alpha value is -0.0301. The van der Waals surface area contributed by atoms with E-state index in [0.29, 0.717) is 0 Å². The molecule has 2 fully saturated rings. The van der Waals surface area contributed by atoms with E-state index in [9.17, 15) is 0 Å². The van der Waals surface area contributed by atoms with Crippen LogP contribution in [0.15, 0.2) is 0 Å². The van der Waals surface area contributed by atoms with Gasteiger partial charge in [-0.2, -0.15) is 0 Å². The summed E-state index contributed by atoms with van der Waals surface area (Å²) in [5.41, 5.74) is -1.23. The Morgan fingerprint density at radius 3 is 1.22 bits per heavy atom. The third-order valence-electron chi connectivity index (χ3n) is 6.13. The van der Waals surface area contributed by atoms with Gasteiger partial charge in [-0.25, -0.2) is 0 Å². The lowest BCUT2D eigenvalue weighted by Crippen LogP contribution is -2.41. The zero-order valence-electron chi connectivity index (χ0n) is 16.5. The molecule has 132 valence electrons. The molecule has 2 rings (SSSR count). The fourth-order valence-electron chi connectivity index (χ4n) is 2.97. The van der Waals surface area contributed by atoms with Crippen LogP contribution in [0.25, 0.3) is 0 Å². The second kappa shape index (κ2) is 6.05. The first-order valence-corrected chi connectivity index (χ1v) is 9.04. The molecule has 6 heteroatoms. The predicted molar refractivity (Wildman–Crippen MR) is 95.4 cm³/mol. The van der Waals surface area contributed by atoms with Crippen molar-refractivity contribution >= 4 is 14.2 Å². The lowest BCUT2D eigenvalue weighted by molar-refractivity contribution is 0.00578. The molecule has 0 aromatic carbocycles. The van der Waals surface area contributed by atoms with Crippen LogP contribution in [0.1, 0.15) is 81.6 Å². The van der Waals surface area contributed by atoms with Gasteiger partial charge in [0.05, 0.1) is 22.4 Å². The van der Waals surface area contributed by atoms with Crippen molar-refractivity contribution in [2.24, 2.45) is 0 Å². The zero-order chi connectivity index (χ0) is 17.7. The van der Waals surface area contributed by atoms with Crippen LogP contribution in [0, 0.1) is 0 Å². The molecule has 4 nitrogen and oxygen atoms in total. The minimum atomic E-state index is -0.328. The zero-order valence-corrected chi connectivity index (χ0v) is 16.5. The van der Waals surface area contributed by atoms with Gasteiger partial charge in [-0.1, -0.05) is 26.2 Å². The summed E-state index contributed by atoms with van der Waals surface area (Å²) in [7, 11) is -0.581. The largest absolute Gasteiger partial charge is 0.458 e. The molecule has 2 aliphatic rings. The summed E-state index contributed by atoms with van der Waals surface area (Å²) in [6.45, 7) is 18.9. The lowest BCUT2D eigenvalue weighted by Gasteiger charge is -2.32. The Morgan fingerprint density at radius 1 is 0.652 bits per heavy atom. The maximum absolute atomic E-state index is 6.29. The van der Waals surface area contributed by atoms with E-state index < -0.39 is 0 Å². The summed E-state index contributed by atoms with van der Waals surface area (Å²) >= 11 is 0. The highest BCUT2D eigenvalue weighted by molar-refractivity contribution is 6.68. The minimum Gasteiger partial charge on any atom is -0.403 e. The molecule has 0 amide bonds. The van der Waals surface area contributed by atoms with Gasteiger partial charge in [0.2, 0.25) is 0 Å². The summed E-state index contributed by atoms with van der Waals surface area (Å²) in [4.78, 5) is 0. The fourth-order valence-corrected chi connectivity index (χ4v) is 2.97. The Bertz CT molecular complexity index is 366. The van der Waals surface area contributed by atoms with Crippen LogP contribution in [0.5, 0.6) is 0 Å². The normalized spacial score (nSPS) is 27.9. The molecule has 23 heavy (non-hydrogen) atoms. The highest BCUT2D eigenvalue weighted by Gasteiger charge is 2.61. The third-order valence-corrected chi connectivity index (χ3v) is 6.13. The Balaban J connectivity index is 2.20. The van der Waals surface area contributed by atoms with Crippen molar-refractivity contribution in [3.05, 3.63) is 0 Å². The van der Waals surface area contributed by atoms with Crippen molar-refractivity contribution in [1.29, 1.82) is 0 Å². The van der Waals surface area contributed by atoms with Crippen molar-refractivity contribution < 1.29 is 18.6 Å². The first-order chi connectivity index (χ1) is 10.3. The summed E-state index contributed by atoms with van der Waals surface area (Å²) in [5, 5.41) is 0. The van der Waals surface area contributed by atoms with Crippen molar-refractivity contribution in [3.8, 4) is 0 Å². The van der Waals surface area contributed by atoms with Crippen molar-refractivity contribution in [2.45, 2.75) is 110 Å². The van der Waals surface area contributed by atoms with Gasteiger partial charge in [-0.15, -0.1) is 0 Å². The summed E-state index contributed by atoms with van der Waals surface area (Å²) in [5.74, 6) is 0. The van der Waals surface area contributed by atoms with E-state index in [2.05, 4.69) is 62.3 Å². The monoisotopic (exact) mass is 324 g/mol. The van der Waals surface area contributed by atoms with E-state index in [4.69, 9.17) is 18.6 Å². The van der Waals surface area contributed by atoms with E-state index in [1.165, 1.54) is 0 Å². The smallest absolute Gasteiger partial charge is 0.403 e. The second-order valence-electron chi connectivity index (χ2n) is 9.06. The van der Waals surface area contributed by atoms with Crippen LogP contribution in [-0.2, 0) is 18.6 Å². The van der Waals surface area contributed by atoms with Crippen molar-refractivity contribution in [2.75, 3.05) is 0 Å². The van der Waals surface area contributed by atoms with Crippen LogP contribution < -0.4 is 0 Å². The molecule has 0 bridgehead atoms. The average molecular weight is 324 g/mol. The van der Waals surface area contributed by atoms with E-state index in [0.717, 1.165) is 19.3 Å². The molecule has 2 heterocycles. The molecule has 0 saturated carbocycles. The molecule has 0 aromatic rings. The molecule has 0 aromatic heterocycles. The quantitative estimate of drug-likeness (QED) is 0.708. The van der Waals surface area contributed by atoms with E-state index >= 15 is 0 Å². The van der Waals surface area contributed by atoms with Crippen molar-refractivity contribution in [3.63, 3.8) is 0 Å². The molecule has 0 radical (unpaired) electrons. The van der Waals surface area contributed by atoms with E-state index in [-0.39, 0.29) is 42.4 Å². The molecule has 2 saturated heterocycles. The minimum absolute atomic E-state index is 0.0806. The maximum Gasteiger partial charge on any atom is 0.458 e. The maximum atomic E-state index is 6.29. The molecule has 0 N–H and O–H groups in total. The van der Waals surface area contributed by atoms with Gasteiger partial charge in [0.1, 0.15) is 0 Å². The van der Waals surface area contributed by atoms with Crippen LogP contribution >= 0.6 is 0 Å². The lowest BCUT2D eigenvalue weighted by atomic mass is 9.50. The van der Waals surface area contributed by atoms with Gasteiger partial charge in [0, 0.05) is 5.72 Å². The fraction of sp³-hybridized carbons (Fsp3) is 1.00. The summed E-state index contributed by atoms with van der Waals surface area (Å²) in [6, 6.07) is 0. The Kier molecular flexibility index (Phi) is 5.07. The molecule has 0 aliphatic carbocycles. The van der Waals surface area contributed by atoms with Crippen LogP contribution in [0.3, 0.4) is 0 Å². The highest BCUT2D eigenvalue weighted by atomic mass is 16.7. The van der Waals surface area contributed by atoms with Crippen LogP contribution in [0.4, 0.5) is 0 Å². The van der Waals surface area contributed by atoms with E-state index in [1.807, 2.05) is 0 Å². The Morgan fingerprint density at radius 2 is 0.957 bits per heavy atom. The second-order valence-corrected chi connectivity index (χ2v) is 9.06. The number of unbranched alkanes of at least 4 members (excludes halogenated alkanes) is 1. The molecule has 0 atom stereocenters. The van der Waals surface area contributed by atoms with Crippen LogP contribution in [0.2, 0.25) is 5.72 Å². The predicted octanol–water partition coefficient (Wildman–Crippen LogP) is 4.27. The number of rotatable bonds is 5. The van der Waals surface area contributed by atoms with Gasteiger partial charge in [0.15, 0.2) is 0 Å². The first-order valence-electron chi connectivity index (χ1n) is 9.04. The van der Waals surface area contributed by atoms with Crippen LogP contribution in [-0.4, -0.2) is 36.6 Å². The van der Waals surface area contributed by atoms with Gasteiger partial charge in [0.25, 0.3) is 0 Å². The standard InChI is InChI=1S/C17H34B2O4/c1-10-11-12-13(18-20-14(2,3)15(4,5)21-18)19-22-16(6,7)17(8,9)23-19/h13H,10-12H2,1-9H3. The third kappa shape index (κ3) is 3.51. The summed E-state index contributed by atoms with van der Waals surface area (Å²) < 4.78 is 25.2. The number of hydrogen-bond acceptors (Lipinski definition) is 4.